The Morgan fingerprint density at radius 1 is 0.935 bits per heavy atom. The molecule has 0 radical (unpaired) electrons. The van der Waals surface area contributed by atoms with Gasteiger partial charge in [0, 0.05) is 43.0 Å². The van der Waals surface area contributed by atoms with E-state index in [1.807, 2.05) is 18.2 Å². The summed E-state index contributed by atoms with van der Waals surface area (Å²) in [7, 11) is 0. The van der Waals surface area contributed by atoms with Gasteiger partial charge in [0.05, 0.1) is 0 Å². The molecule has 2 aliphatic heterocycles. The summed E-state index contributed by atoms with van der Waals surface area (Å²) in [4.78, 5) is 14.7. The lowest BCUT2D eigenvalue weighted by Crippen LogP contribution is -2.42. The third kappa shape index (κ3) is 4.79. The highest BCUT2D eigenvalue weighted by Crippen LogP contribution is 2.32. The number of nitrogens with zero attached hydrogens (tertiary/aromatic N) is 1. The first-order valence-corrected chi connectivity index (χ1v) is 11.5. The number of fused-ring (bicyclic) bond motifs is 1. The molecule has 1 saturated heterocycles. The second-order valence-electron chi connectivity index (χ2n) is 8.85. The first-order valence-electron chi connectivity index (χ1n) is 11.5. The van der Waals surface area contributed by atoms with Crippen LogP contribution in [0.2, 0.25) is 0 Å². The lowest BCUT2D eigenvalue weighted by Gasteiger charge is -2.34. The molecule has 3 aliphatic rings. The summed E-state index contributed by atoms with van der Waals surface area (Å²) in [6.07, 6.45) is 6.65. The summed E-state index contributed by atoms with van der Waals surface area (Å²) in [6, 6.07) is 15.0. The zero-order valence-corrected chi connectivity index (χ0v) is 17.9. The van der Waals surface area contributed by atoms with E-state index in [0.29, 0.717) is 12.8 Å². The maximum absolute atomic E-state index is 12.3. The lowest BCUT2D eigenvalue weighted by molar-refractivity contribution is -0.119. The van der Waals surface area contributed by atoms with Crippen molar-refractivity contribution in [2.75, 3.05) is 30.1 Å². The average Bonchev–Trinajstić information content (AvgIpc) is 3.50. The number of nitrogens with one attached hydrogen (secondary N) is 2. The van der Waals surface area contributed by atoms with Crippen molar-refractivity contribution in [2.24, 2.45) is 5.92 Å². The molecule has 0 bridgehead atoms. The Bertz CT molecular complexity index is 901. The van der Waals surface area contributed by atoms with Crippen LogP contribution in [0.5, 0.6) is 11.5 Å². The van der Waals surface area contributed by atoms with Crippen molar-refractivity contribution in [3.63, 3.8) is 0 Å². The largest absolute Gasteiger partial charge is 0.454 e. The van der Waals surface area contributed by atoms with E-state index in [4.69, 9.17) is 9.47 Å². The number of amides is 1. The van der Waals surface area contributed by atoms with Crippen LogP contribution in [0.3, 0.4) is 0 Å². The molecular formula is C25H31N3O3. The summed E-state index contributed by atoms with van der Waals surface area (Å²) in [6.45, 7) is 3.23. The predicted molar refractivity (Wildman–Crippen MR) is 122 cm³/mol. The molecule has 0 aromatic heterocycles. The van der Waals surface area contributed by atoms with Crippen LogP contribution in [-0.2, 0) is 11.3 Å². The molecule has 2 N–H and O–H groups in total. The molecule has 0 unspecified atom stereocenters. The van der Waals surface area contributed by atoms with Gasteiger partial charge in [0.15, 0.2) is 11.5 Å². The number of carbonyl (C=O) groups is 1. The molecule has 6 heteroatoms. The number of benzene rings is 2. The minimum Gasteiger partial charge on any atom is -0.454 e. The van der Waals surface area contributed by atoms with Crippen LogP contribution < -0.4 is 25.0 Å². The molecule has 2 aromatic carbocycles. The van der Waals surface area contributed by atoms with Crippen LogP contribution >= 0.6 is 0 Å². The third-order valence-corrected chi connectivity index (χ3v) is 6.75. The molecule has 5 rings (SSSR count). The molecule has 2 fully saturated rings. The van der Waals surface area contributed by atoms with E-state index in [9.17, 15) is 4.79 Å². The van der Waals surface area contributed by atoms with E-state index < -0.39 is 0 Å². The SMILES string of the molecule is O=C(Nc1ccc(N2CCC(NCc3ccc4c(c3)OCO4)CC2)cc1)C1CCCC1. The van der Waals surface area contributed by atoms with Crippen LogP contribution in [0.15, 0.2) is 42.5 Å². The zero-order chi connectivity index (χ0) is 21.0. The molecule has 0 spiro atoms. The fourth-order valence-corrected chi connectivity index (χ4v) is 4.84. The maximum Gasteiger partial charge on any atom is 0.231 e. The number of piperidine rings is 1. The van der Waals surface area contributed by atoms with Gasteiger partial charge in [0.2, 0.25) is 12.7 Å². The minimum absolute atomic E-state index is 0.180. The van der Waals surface area contributed by atoms with Gasteiger partial charge in [0.25, 0.3) is 0 Å². The van der Waals surface area contributed by atoms with Crippen molar-refractivity contribution < 1.29 is 14.3 Å². The van der Waals surface area contributed by atoms with Crippen molar-refractivity contribution in [3.8, 4) is 11.5 Å². The molecule has 1 amide bonds. The van der Waals surface area contributed by atoms with Crippen molar-refractivity contribution >= 4 is 17.3 Å². The van der Waals surface area contributed by atoms with Gasteiger partial charge in [-0.15, -0.1) is 0 Å². The second kappa shape index (κ2) is 9.18. The third-order valence-electron chi connectivity index (χ3n) is 6.75. The summed E-state index contributed by atoms with van der Waals surface area (Å²) < 4.78 is 10.9. The van der Waals surface area contributed by atoms with Crippen LogP contribution in [-0.4, -0.2) is 31.8 Å². The number of rotatable bonds is 6. The zero-order valence-electron chi connectivity index (χ0n) is 17.9. The Hall–Kier alpha value is -2.73. The van der Waals surface area contributed by atoms with Crippen LogP contribution in [0.1, 0.15) is 44.1 Å². The molecule has 1 aliphatic carbocycles. The molecule has 2 aromatic rings. The number of ether oxygens (including phenoxy) is 2. The normalized spacial score (nSPS) is 19.0. The molecule has 31 heavy (non-hydrogen) atoms. The summed E-state index contributed by atoms with van der Waals surface area (Å²) in [5, 5.41) is 6.77. The van der Waals surface area contributed by atoms with E-state index in [2.05, 4.69) is 39.8 Å². The molecule has 1 saturated carbocycles. The van der Waals surface area contributed by atoms with Gasteiger partial charge in [0.1, 0.15) is 0 Å². The van der Waals surface area contributed by atoms with Gasteiger partial charge < -0.3 is 25.0 Å². The van der Waals surface area contributed by atoms with Crippen LogP contribution in [0.4, 0.5) is 11.4 Å². The van der Waals surface area contributed by atoms with E-state index in [1.54, 1.807) is 0 Å². The Labute approximate surface area is 183 Å². The molecule has 2 heterocycles. The number of carbonyl (C=O) groups excluding carboxylic acids is 1. The fourth-order valence-electron chi connectivity index (χ4n) is 4.84. The molecule has 164 valence electrons. The Morgan fingerprint density at radius 3 is 2.45 bits per heavy atom. The Kier molecular flexibility index (Phi) is 5.98. The molecule has 6 nitrogen and oxygen atoms in total. The topological polar surface area (TPSA) is 62.8 Å². The van der Waals surface area contributed by atoms with Gasteiger partial charge in [-0.1, -0.05) is 18.9 Å². The molecular weight excluding hydrogens is 390 g/mol. The van der Waals surface area contributed by atoms with Gasteiger partial charge in [-0.2, -0.15) is 0 Å². The maximum atomic E-state index is 12.3. The van der Waals surface area contributed by atoms with Crippen LogP contribution in [0.25, 0.3) is 0 Å². The highest BCUT2D eigenvalue weighted by atomic mass is 16.7. The van der Waals surface area contributed by atoms with E-state index in [1.165, 1.54) is 24.1 Å². The summed E-state index contributed by atoms with van der Waals surface area (Å²) >= 11 is 0. The molecule has 0 atom stereocenters. The smallest absolute Gasteiger partial charge is 0.231 e. The van der Waals surface area contributed by atoms with Gasteiger partial charge in [-0.3, -0.25) is 4.79 Å². The standard InChI is InChI=1S/C25H31N3O3/c29-25(19-3-1-2-4-19)27-21-6-8-22(9-7-21)28-13-11-20(12-14-28)26-16-18-5-10-23-24(15-18)31-17-30-23/h5-10,15,19-20,26H,1-4,11-14,16-17H2,(H,27,29). The number of anilines is 2. The monoisotopic (exact) mass is 421 g/mol. The highest BCUT2D eigenvalue weighted by Gasteiger charge is 2.23. The first kappa shape index (κ1) is 20.2. The minimum atomic E-state index is 0.180. The predicted octanol–water partition coefficient (Wildman–Crippen LogP) is 4.30. The number of hydrogen-bond donors (Lipinski definition) is 2. The lowest BCUT2D eigenvalue weighted by atomic mass is 10.0. The summed E-state index contributed by atoms with van der Waals surface area (Å²) in [5.74, 6) is 2.06. The van der Waals surface area contributed by atoms with E-state index >= 15 is 0 Å². The fraction of sp³-hybridized carbons (Fsp3) is 0.480. The Balaban J connectivity index is 1.08. The Morgan fingerprint density at radius 2 is 1.68 bits per heavy atom. The van der Waals surface area contributed by atoms with Gasteiger partial charge in [-0.05, 0) is 67.6 Å². The van der Waals surface area contributed by atoms with Crippen LogP contribution in [0, 0.1) is 5.92 Å². The van der Waals surface area contributed by atoms with Gasteiger partial charge in [-0.25, -0.2) is 0 Å². The highest BCUT2D eigenvalue weighted by molar-refractivity contribution is 5.92. The quantitative estimate of drug-likeness (QED) is 0.728. The average molecular weight is 422 g/mol. The van der Waals surface area contributed by atoms with E-state index in [-0.39, 0.29) is 11.8 Å². The van der Waals surface area contributed by atoms with E-state index in [0.717, 1.165) is 62.5 Å². The second-order valence-corrected chi connectivity index (χ2v) is 8.85. The summed E-state index contributed by atoms with van der Waals surface area (Å²) in [5.41, 5.74) is 3.36. The number of hydrogen-bond acceptors (Lipinski definition) is 5. The first-order chi connectivity index (χ1) is 15.2. The van der Waals surface area contributed by atoms with Crippen molar-refractivity contribution in [3.05, 3.63) is 48.0 Å². The van der Waals surface area contributed by atoms with Crippen molar-refractivity contribution in [2.45, 2.75) is 51.1 Å². The van der Waals surface area contributed by atoms with Crippen molar-refractivity contribution in [1.82, 2.24) is 5.32 Å². The van der Waals surface area contributed by atoms with Crippen molar-refractivity contribution in [1.29, 1.82) is 0 Å². The van der Waals surface area contributed by atoms with Gasteiger partial charge >= 0.3 is 0 Å².